The first-order valence-electron chi connectivity index (χ1n) is 11.4. The maximum Gasteiger partial charge on any atom is 0.266 e. The molecule has 1 aliphatic heterocycles. The predicted octanol–water partition coefficient (Wildman–Crippen LogP) is 3.46. The van der Waals surface area contributed by atoms with Crippen molar-refractivity contribution in [3.8, 4) is 5.69 Å². The summed E-state index contributed by atoms with van der Waals surface area (Å²) in [5.41, 5.74) is 2.15. The highest BCUT2D eigenvalue weighted by Gasteiger charge is 2.35. The lowest BCUT2D eigenvalue weighted by molar-refractivity contribution is -0.130. The van der Waals surface area contributed by atoms with Crippen LogP contribution in [0.25, 0.3) is 16.6 Å². The van der Waals surface area contributed by atoms with Gasteiger partial charge < -0.3 is 4.90 Å². The fourth-order valence-electron chi connectivity index (χ4n) is 4.21. The van der Waals surface area contributed by atoms with E-state index in [1.54, 1.807) is 27.7 Å². The van der Waals surface area contributed by atoms with Gasteiger partial charge in [-0.2, -0.15) is 0 Å². The van der Waals surface area contributed by atoms with Crippen molar-refractivity contribution in [1.29, 1.82) is 0 Å². The number of benzene rings is 2. The molecular formula is C25H29N3O4S2. The van der Waals surface area contributed by atoms with Crippen molar-refractivity contribution in [2.45, 2.75) is 38.4 Å². The molecule has 1 amide bonds. The first kappa shape index (κ1) is 24.5. The summed E-state index contributed by atoms with van der Waals surface area (Å²) in [7, 11) is -3.11. The molecule has 3 aromatic rings. The molecule has 1 atom stereocenters. The zero-order valence-corrected chi connectivity index (χ0v) is 21.2. The summed E-state index contributed by atoms with van der Waals surface area (Å²) in [5.74, 6) is 0.268. The van der Waals surface area contributed by atoms with Gasteiger partial charge in [0, 0.05) is 12.6 Å². The van der Waals surface area contributed by atoms with E-state index in [-0.39, 0.29) is 40.7 Å². The second-order valence-corrected chi connectivity index (χ2v) is 12.3. The van der Waals surface area contributed by atoms with E-state index in [0.29, 0.717) is 34.7 Å². The van der Waals surface area contributed by atoms with Crippen molar-refractivity contribution in [2.24, 2.45) is 5.92 Å². The maximum atomic E-state index is 13.4. The average Bonchev–Trinajstić information content (AvgIpc) is 3.16. The molecule has 9 heteroatoms. The fraction of sp³-hybridized carbons (Fsp3) is 0.400. The van der Waals surface area contributed by atoms with E-state index in [2.05, 4.69) is 0 Å². The van der Waals surface area contributed by atoms with Crippen LogP contribution in [-0.2, 0) is 14.6 Å². The molecule has 0 N–H and O–H groups in total. The van der Waals surface area contributed by atoms with Crippen LogP contribution in [0.3, 0.4) is 0 Å². The summed E-state index contributed by atoms with van der Waals surface area (Å²) in [5, 5.41) is 0.945. The Bertz CT molecular complexity index is 1370. The van der Waals surface area contributed by atoms with Crippen molar-refractivity contribution in [3.05, 3.63) is 64.4 Å². The molecule has 0 spiro atoms. The Hall–Kier alpha value is -2.65. The van der Waals surface area contributed by atoms with Crippen LogP contribution in [0.15, 0.2) is 58.5 Å². The molecule has 1 saturated heterocycles. The molecule has 1 fully saturated rings. The first-order valence-corrected chi connectivity index (χ1v) is 14.2. The van der Waals surface area contributed by atoms with Gasteiger partial charge in [-0.1, -0.05) is 55.4 Å². The largest absolute Gasteiger partial charge is 0.338 e. The number of carbonyl (C=O) groups excluding carboxylic acids is 1. The zero-order chi connectivity index (χ0) is 24.5. The van der Waals surface area contributed by atoms with Gasteiger partial charge in [-0.05, 0) is 43.5 Å². The SMILES string of the molecule is Cc1ccc(-n2c(SCC(=O)N(CC(C)C)[C@@H]3CCS(=O)(=O)C3)nc3ccccc3c2=O)cc1. The van der Waals surface area contributed by atoms with Crippen LogP contribution in [-0.4, -0.2) is 58.6 Å². The van der Waals surface area contributed by atoms with E-state index < -0.39 is 9.84 Å². The molecule has 34 heavy (non-hydrogen) atoms. The monoisotopic (exact) mass is 499 g/mol. The number of aromatic nitrogens is 2. The lowest BCUT2D eigenvalue weighted by Gasteiger charge is -2.30. The minimum atomic E-state index is -3.11. The Morgan fingerprint density at radius 3 is 2.53 bits per heavy atom. The summed E-state index contributed by atoms with van der Waals surface area (Å²) in [4.78, 5) is 33.1. The lowest BCUT2D eigenvalue weighted by atomic mass is 10.1. The van der Waals surface area contributed by atoms with Crippen LogP contribution in [0.5, 0.6) is 0 Å². The number of amides is 1. The van der Waals surface area contributed by atoms with Crippen LogP contribution < -0.4 is 5.56 Å². The standard InChI is InChI=1S/C25H29N3O4S2/c1-17(2)14-27(20-12-13-34(31,32)16-20)23(29)15-33-25-26-22-7-5-4-6-21(22)24(30)28(25)19-10-8-18(3)9-11-19/h4-11,17,20H,12-16H2,1-3H3/t20-/m1/s1. The molecule has 4 rings (SSSR count). The Kier molecular flexibility index (Phi) is 7.14. The minimum absolute atomic E-state index is 0.0123. The van der Waals surface area contributed by atoms with Gasteiger partial charge >= 0.3 is 0 Å². The van der Waals surface area contributed by atoms with Crippen LogP contribution in [0.4, 0.5) is 0 Å². The number of hydrogen-bond acceptors (Lipinski definition) is 6. The number of hydrogen-bond donors (Lipinski definition) is 0. The summed E-state index contributed by atoms with van der Waals surface area (Å²) in [6.07, 6.45) is 0.466. The summed E-state index contributed by atoms with van der Waals surface area (Å²) in [6.45, 7) is 6.50. The smallest absolute Gasteiger partial charge is 0.266 e. The Morgan fingerprint density at radius 1 is 1.18 bits per heavy atom. The van der Waals surface area contributed by atoms with E-state index in [0.717, 1.165) is 5.56 Å². The van der Waals surface area contributed by atoms with Crippen molar-refractivity contribution in [3.63, 3.8) is 0 Å². The van der Waals surface area contributed by atoms with Gasteiger partial charge in [0.15, 0.2) is 15.0 Å². The first-order chi connectivity index (χ1) is 16.1. The summed E-state index contributed by atoms with van der Waals surface area (Å²) < 4.78 is 25.6. The third-order valence-corrected chi connectivity index (χ3v) is 8.57. The molecular weight excluding hydrogens is 470 g/mol. The quantitative estimate of drug-likeness (QED) is 0.365. The number of fused-ring (bicyclic) bond motifs is 1. The second-order valence-electron chi connectivity index (χ2n) is 9.17. The predicted molar refractivity (Wildman–Crippen MR) is 136 cm³/mol. The number of aryl methyl sites for hydroxylation is 1. The molecule has 0 aliphatic carbocycles. The molecule has 1 aromatic heterocycles. The van der Waals surface area contributed by atoms with E-state index >= 15 is 0 Å². The third-order valence-electron chi connectivity index (χ3n) is 5.89. The molecule has 7 nitrogen and oxygen atoms in total. The Morgan fingerprint density at radius 2 is 1.88 bits per heavy atom. The van der Waals surface area contributed by atoms with E-state index in [9.17, 15) is 18.0 Å². The normalized spacial score (nSPS) is 17.4. The topological polar surface area (TPSA) is 89.3 Å². The van der Waals surface area contributed by atoms with E-state index in [1.807, 2.05) is 51.1 Å². The molecule has 0 radical (unpaired) electrons. The lowest BCUT2D eigenvalue weighted by Crippen LogP contribution is -2.44. The number of para-hydroxylation sites is 1. The Labute approximate surface area is 204 Å². The number of thioether (sulfide) groups is 1. The van der Waals surface area contributed by atoms with Gasteiger partial charge in [-0.3, -0.25) is 14.2 Å². The van der Waals surface area contributed by atoms with Crippen LogP contribution >= 0.6 is 11.8 Å². The Balaban J connectivity index is 1.66. The fourth-order valence-corrected chi connectivity index (χ4v) is 6.84. The van der Waals surface area contributed by atoms with Crippen molar-refractivity contribution in [2.75, 3.05) is 23.8 Å². The molecule has 0 bridgehead atoms. The highest BCUT2D eigenvalue weighted by Crippen LogP contribution is 2.24. The number of sulfone groups is 1. The van der Waals surface area contributed by atoms with E-state index in [1.165, 1.54) is 11.8 Å². The zero-order valence-electron chi connectivity index (χ0n) is 19.6. The van der Waals surface area contributed by atoms with Crippen molar-refractivity contribution in [1.82, 2.24) is 14.5 Å². The van der Waals surface area contributed by atoms with Crippen molar-refractivity contribution >= 4 is 38.4 Å². The van der Waals surface area contributed by atoms with Crippen LogP contribution in [0.1, 0.15) is 25.8 Å². The van der Waals surface area contributed by atoms with Crippen LogP contribution in [0.2, 0.25) is 0 Å². The molecule has 0 unspecified atom stereocenters. The number of rotatable bonds is 7. The molecule has 180 valence electrons. The van der Waals surface area contributed by atoms with Gasteiger partial charge in [-0.15, -0.1) is 0 Å². The van der Waals surface area contributed by atoms with E-state index in [4.69, 9.17) is 4.98 Å². The maximum absolute atomic E-state index is 13.4. The van der Waals surface area contributed by atoms with Gasteiger partial charge in [-0.25, -0.2) is 13.4 Å². The third kappa shape index (κ3) is 5.36. The summed E-state index contributed by atoms with van der Waals surface area (Å²) in [6, 6.07) is 14.5. The minimum Gasteiger partial charge on any atom is -0.338 e. The van der Waals surface area contributed by atoms with Gasteiger partial charge in [0.2, 0.25) is 5.91 Å². The second kappa shape index (κ2) is 9.92. The highest BCUT2D eigenvalue weighted by molar-refractivity contribution is 7.99. The summed E-state index contributed by atoms with van der Waals surface area (Å²) >= 11 is 1.21. The molecule has 0 saturated carbocycles. The molecule has 2 heterocycles. The molecule has 1 aliphatic rings. The highest BCUT2D eigenvalue weighted by atomic mass is 32.2. The average molecular weight is 500 g/mol. The molecule has 2 aromatic carbocycles. The number of carbonyl (C=O) groups is 1. The van der Waals surface area contributed by atoms with Gasteiger partial charge in [0.05, 0.1) is 33.8 Å². The van der Waals surface area contributed by atoms with Crippen LogP contribution in [0, 0.1) is 12.8 Å². The van der Waals surface area contributed by atoms with Gasteiger partial charge in [0.25, 0.3) is 5.56 Å². The van der Waals surface area contributed by atoms with Crippen molar-refractivity contribution < 1.29 is 13.2 Å². The van der Waals surface area contributed by atoms with Gasteiger partial charge in [0.1, 0.15) is 0 Å². The number of nitrogens with zero attached hydrogens (tertiary/aromatic N) is 3.